The van der Waals surface area contributed by atoms with Gasteiger partial charge in [-0.05, 0) is 12.1 Å². The van der Waals surface area contributed by atoms with E-state index >= 15 is 0 Å². The summed E-state index contributed by atoms with van der Waals surface area (Å²) in [7, 11) is 0. The Kier molecular flexibility index (Phi) is 2.08. The van der Waals surface area contributed by atoms with Crippen LogP contribution in [-0.4, -0.2) is 0 Å². The van der Waals surface area contributed by atoms with Gasteiger partial charge >= 0.3 is 0 Å². The summed E-state index contributed by atoms with van der Waals surface area (Å²) in [4.78, 5) is 0. The molecule has 0 bridgehead atoms. The molecule has 0 saturated carbocycles. The Labute approximate surface area is 96.4 Å². The maximum Gasteiger partial charge on any atom is 0.0998 e. The van der Waals surface area contributed by atoms with Crippen molar-refractivity contribution in [3.05, 3.63) is 59.1 Å². The summed E-state index contributed by atoms with van der Waals surface area (Å²) in [6.07, 6.45) is 0. The molecular weight excluding hydrogens is 206 g/mol. The molecule has 0 atom stereocenters. The van der Waals surface area contributed by atoms with E-state index in [1.54, 1.807) is 36.4 Å². The molecule has 1 nitrogen and oxygen atoms in total. The number of benzene rings is 2. The third kappa shape index (κ3) is 1.86. The lowest BCUT2D eigenvalue weighted by Crippen LogP contribution is -1.84. The second-order valence-electron chi connectivity index (χ2n) is 2.97. The predicted octanol–water partition coefficient (Wildman–Crippen LogP) is 3.88. The molecule has 0 aliphatic rings. The van der Waals surface area contributed by atoms with Gasteiger partial charge in [0.25, 0.3) is 0 Å². The van der Waals surface area contributed by atoms with E-state index in [-0.39, 0.29) is 17.6 Å². The highest BCUT2D eigenvalue weighted by molar-refractivity contribution is 6.33. The van der Waals surface area contributed by atoms with Crippen molar-refractivity contribution < 1.29 is 2.74 Å². The van der Waals surface area contributed by atoms with Gasteiger partial charge < -0.3 is 0 Å². The average molecular weight is 216 g/mol. The molecule has 0 aliphatic heterocycles. The van der Waals surface area contributed by atoms with Crippen molar-refractivity contribution in [1.82, 2.24) is 0 Å². The first-order chi connectivity index (χ1) is 8.15. The maximum absolute atomic E-state index is 9.06. The first-order valence-corrected chi connectivity index (χ1v) is 4.78. The van der Waals surface area contributed by atoms with Crippen molar-refractivity contribution in [2.24, 2.45) is 0 Å². The molecule has 0 fully saturated rings. The van der Waals surface area contributed by atoms with Gasteiger partial charge in [0.05, 0.1) is 14.4 Å². The largest absolute Gasteiger partial charge is 0.192 e. The monoisotopic (exact) mass is 215 g/mol. The second kappa shape index (κ2) is 4.16. The highest BCUT2D eigenvalue weighted by Crippen LogP contribution is 2.29. The summed E-state index contributed by atoms with van der Waals surface area (Å²) < 4.78 is 15.3. The minimum atomic E-state index is 0.163. The topological polar surface area (TPSA) is 23.8 Å². The second-order valence-corrected chi connectivity index (χ2v) is 3.35. The van der Waals surface area contributed by atoms with E-state index in [0.717, 1.165) is 0 Å². The summed E-state index contributed by atoms with van der Waals surface area (Å²) in [6, 6.07) is 12.4. The molecule has 0 spiro atoms. The minimum Gasteiger partial charge on any atom is -0.192 e. The van der Waals surface area contributed by atoms with Crippen LogP contribution >= 0.6 is 11.6 Å². The molecule has 0 N–H and O–H groups in total. The third-order valence-corrected chi connectivity index (χ3v) is 2.38. The molecule has 0 aliphatic carbocycles. The zero-order valence-corrected chi connectivity index (χ0v) is 8.55. The highest BCUT2D eigenvalue weighted by Gasteiger charge is 2.06. The van der Waals surface area contributed by atoms with Gasteiger partial charge in [-0.3, -0.25) is 0 Å². The van der Waals surface area contributed by atoms with Gasteiger partial charge in [-0.15, -0.1) is 0 Å². The van der Waals surface area contributed by atoms with Gasteiger partial charge in [0, 0.05) is 16.1 Å². The smallest absolute Gasteiger partial charge is 0.0998 e. The van der Waals surface area contributed by atoms with Gasteiger partial charge in [0.2, 0.25) is 0 Å². The molecule has 72 valence electrons. The lowest BCUT2D eigenvalue weighted by molar-refractivity contribution is 1.48. The van der Waals surface area contributed by atoms with Crippen molar-refractivity contribution in [2.45, 2.75) is 0 Å². The highest BCUT2D eigenvalue weighted by atomic mass is 35.5. The van der Waals surface area contributed by atoms with Crippen LogP contribution in [0.25, 0.3) is 11.1 Å². The third-order valence-electron chi connectivity index (χ3n) is 2.06. The molecule has 0 radical (unpaired) electrons. The quantitative estimate of drug-likeness (QED) is 0.708. The van der Waals surface area contributed by atoms with Crippen LogP contribution in [0.1, 0.15) is 8.30 Å². The van der Waals surface area contributed by atoms with Gasteiger partial charge in [0.15, 0.2) is 0 Å². The van der Waals surface area contributed by atoms with E-state index in [2.05, 4.69) is 0 Å². The van der Waals surface area contributed by atoms with Gasteiger partial charge in [-0.1, -0.05) is 48.0 Å². The van der Waals surface area contributed by atoms with Crippen LogP contribution in [0, 0.1) is 11.3 Å². The van der Waals surface area contributed by atoms with E-state index in [0.29, 0.717) is 16.1 Å². The average Bonchev–Trinajstić information content (AvgIpc) is 2.32. The summed E-state index contributed by atoms with van der Waals surface area (Å²) >= 11 is 6.05. The van der Waals surface area contributed by atoms with Crippen molar-refractivity contribution in [1.29, 1.82) is 5.26 Å². The minimum absolute atomic E-state index is 0.163. The van der Waals surface area contributed by atoms with Crippen LogP contribution in [0.4, 0.5) is 0 Å². The molecule has 15 heavy (non-hydrogen) atoms. The molecular formula is C13H8ClN. The van der Waals surface area contributed by atoms with Crippen molar-refractivity contribution >= 4 is 11.6 Å². The number of nitriles is 1. The molecule has 0 amide bonds. The Bertz CT molecular complexity index is 617. The lowest BCUT2D eigenvalue weighted by atomic mass is 10.0. The molecule has 0 saturated heterocycles. The number of nitrogens with zero attached hydrogens (tertiary/aromatic N) is 1. The lowest BCUT2D eigenvalue weighted by Gasteiger charge is -2.05. The van der Waals surface area contributed by atoms with Gasteiger partial charge in [-0.2, -0.15) is 5.26 Å². The Balaban J connectivity index is 2.74. The molecule has 2 rings (SSSR count). The van der Waals surface area contributed by atoms with Crippen LogP contribution in [0.15, 0.2) is 48.5 Å². The molecule has 2 aromatic carbocycles. The standard InChI is InChI=1S/C13H8ClN/c14-13-8-4-3-7-12(13)11-6-2-1-5-10(11)9-15/h1-8H/i5D,8D. The summed E-state index contributed by atoms with van der Waals surface area (Å²) in [5, 5.41) is 9.36. The summed E-state index contributed by atoms with van der Waals surface area (Å²) in [5.41, 5.74) is 1.49. The Morgan fingerprint density at radius 2 is 1.73 bits per heavy atom. The van der Waals surface area contributed by atoms with E-state index in [1.807, 2.05) is 6.07 Å². The van der Waals surface area contributed by atoms with E-state index in [9.17, 15) is 0 Å². The summed E-state index contributed by atoms with van der Waals surface area (Å²) in [6.45, 7) is 0. The predicted molar refractivity (Wildman–Crippen MR) is 61.6 cm³/mol. The van der Waals surface area contributed by atoms with Crippen LogP contribution in [0.5, 0.6) is 0 Å². The maximum atomic E-state index is 9.06. The van der Waals surface area contributed by atoms with Crippen LogP contribution < -0.4 is 0 Å². The fourth-order valence-corrected chi connectivity index (χ4v) is 1.61. The van der Waals surface area contributed by atoms with E-state index in [1.165, 1.54) is 0 Å². The van der Waals surface area contributed by atoms with Crippen molar-refractivity contribution in [3.8, 4) is 17.2 Å². The molecule has 2 heteroatoms. The van der Waals surface area contributed by atoms with Crippen molar-refractivity contribution in [2.75, 3.05) is 0 Å². The van der Waals surface area contributed by atoms with Crippen LogP contribution in [0.3, 0.4) is 0 Å². The number of hydrogen-bond acceptors (Lipinski definition) is 1. The van der Waals surface area contributed by atoms with Crippen LogP contribution in [-0.2, 0) is 0 Å². The Hall–Kier alpha value is -1.78. The Morgan fingerprint density at radius 3 is 2.47 bits per heavy atom. The van der Waals surface area contributed by atoms with Crippen molar-refractivity contribution in [3.63, 3.8) is 0 Å². The molecule has 0 aromatic heterocycles. The first-order valence-electron chi connectivity index (χ1n) is 5.40. The number of hydrogen-bond donors (Lipinski definition) is 0. The molecule has 0 unspecified atom stereocenters. The van der Waals surface area contributed by atoms with Gasteiger partial charge in [-0.25, -0.2) is 0 Å². The number of rotatable bonds is 1. The normalized spacial score (nSPS) is 11.5. The van der Waals surface area contributed by atoms with Crippen LogP contribution in [0.2, 0.25) is 5.02 Å². The van der Waals surface area contributed by atoms with Gasteiger partial charge in [0.1, 0.15) is 0 Å². The fourth-order valence-electron chi connectivity index (χ4n) is 1.38. The fraction of sp³-hybridized carbons (Fsp3) is 0. The zero-order chi connectivity index (χ0) is 12.4. The Morgan fingerprint density at radius 1 is 1.07 bits per heavy atom. The summed E-state index contributed by atoms with van der Waals surface area (Å²) in [5.74, 6) is 0. The molecule has 2 aromatic rings. The first kappa shape index (κ1) is 7.50. The molecule has 0 heterocycles. The van der Waals surface area contributed by atoms with E-state index in [4.69, 9.17) is 19.6 Å². The SMILES string of the molecule is [2H]c1cccc(-c2cccc([2H])c2C#N)c1Cl. The number of halogens is 1. The van der Waals surface area contributed by atoms with E-state index < -0.39 is 0 Å². The zero-order valence-electron chi connectivity index (χ0n) is 9.79.